The topological polar surface area (TPSA) is 15.3 Å². The van der Waals surface area contributed by atoms with Crippen molar-refractivity contribution in [1.82, 2.24) is 5.32 Å². The second kappa shape index (κ2) is 4.93. The molecule has 2 nitrogen and oxygen atoms in total. The number of fused-ring (bicyclic) bond motifs is 3. The van der Waals surface area contributed by atoms with Gasteiger partial charge in [-0.25, -0.2) is 0 Å². The van der Waals surface area contributed by atoms with E-state index in [-0.39, 0.29) is 0 Å². The van der Waals surface area contributed by atoms with Crippen LogP contribution in [0.5, 0.6) is 0 Å². The Kier molecular flexibility index (Phi) is 3.29. The van der Waals surface area contributed by atoms with Gasteiger partial charge in [0.2, 0.25) is 0 Å². The first-order chi connectivity index (χ1) is 8.81. The van der Waals surface area contributed by atoms with E-state index in [0.29, 0.717) is 0 Å². The van der Waals surface area contributed by atoms with Crippen molar-refractivity contribution in [3.63, 3.8) is 0 Å². The molecule has 0 spiro atoms. The summed E-state index contributed by atoms with van der Waals surface area (Å²) in [5.74, 6) is 1.73. The Morgan fingerprint density at radius 2 is 2.22 bits per heavy atom. The number of hydrogen-bond acceptors (Lipinski definition) is 2. The van der Waals surface area contributed by atoms with Gasteiger partial charge >= 0.3 is 0 Å². The van der Waals surface area contributed by atoms with E-state index in [9.17, 15) is 0 Å². The third-order valence-corrected chi connectivity index (χ3v) is 4.66. The highest BCUT2D eigenvalue weighted by molar-refractivity contribution is 5.63. The highest BCUT2D eigenvalue weighted by Crippen LogP contribution is 2.48. The lowest BCUT2D eigenvalue weighted by Crippen LogP contribution is -2.34. The van der Waals surface area contributed by atoms with Crippen LogP contribution in [0.15, 0.2) is 18.2 Å². The van der Waals surface area contributed by atoms with Crippen LogP contribution >= 0.6 is 0 Å². The van der Waals surface area contributed by atoms with E-state index >= 15 is 0 Å². The first-order valence-electron chi connectivity index (χ1n) is 7.35. The van der Waals surface area contributed by atoms with Crippen LogP contribution in [0.1, 0.15) is 43.2 Å². The van der Waals surface area contributed by atoms with E-state index < -0.39 is 0 Å². The zero-order valence-corrected chi connectivity index (χ0v) is 11.6. The van der Waals surface area contributed by atoms with Gasteiger partial charge in [0.25, 0.3) is 0 Å². The number of hydrogen-bond donors (Lipinski definition) is 1. The van der Waals surface area contributed by atoms with Gasteiger partial charge in [-0.1, -0.05) is 31.5 Å². The highest BCUT2D eigenvalue weighted by Gasteiger charge is 2.36. The van der Waals surface area contributed by atoms with Crippen LogP contribution in [-0.2, 0) is 6.54 Å². The van der Waals surface area contributed by atoms with Crippen molar-refractivity contribution >= 4 is 5.69 Å². The minimum atomic E-state index is 0.831. The van der Waals surface area contributed by atoms with E-state index in [2.05, 4.69) is 42.4 Å². The summed E-state index contributed by atoms with van der Waals surface area (Å²) in [6, 6.07) is 6.90. The highest BCUT2D eigenvalue weighted by atomic mass is 15.1. The number of anilines is 1. The lowest BCUT2D eigenvalue weighted by atomic mass is 9.82. The molecule has 2 unspecified atom stereocenters. The normalized spacial score (nSPS) is 26.0. The van der Waals surface area contributed by atoms with Crippen molar-refractivity contribution in [2.75, 3.05) is 25.0 Å². The molecule has 1 heterocycles. The molecule has 1 aliphatic carbocycles. The van der Waals surface area contributed by atoms with Gasteiger partial charge in [0, 0.05) is 25.8 Å². The largest absolute Gasteiger partial charge is 0.374 e. The molecule has 2 aliphatic rings. The molecule has 2 heteroatoms. The summed E-state index contributed by atoms with van der Waals surface area (Å²) in [6.07, 6.45) is 4.24. The van der Waals surface area contributed by atoms with Crippen LogP contribution in [0.3, 0.4) is 0 Å². The molecule has 18 heavy (non-hydrogen) atoms. The second-order valence-electron chi connectivity index (χ2n) is 5.81. The van der Waals surface area contributed by atoms with Gasteiger partial charge < -0.3 is 10.2 Å². The summed E-state index contributed by atoms with van der Waals surface area (Å²) in [5, 5.41) is 3.47. The van der Waals surface area contributed by atoms with Crippen molar-refractivity contribution in [1.29, 1.82) is 0 Å². The van der Waals surface area contributed by atoms with Gasteiger partial charge in [-0.05, 0) is 42.3 Å². The number of nitrogens with zero attached hydrogens (tertiary/aromatic N) is 1. The van der Waals surface area contributed by atoms with E-state index in [1.54, 1.807) is 5.56 Å². The lowest BCUT2D eigenvalue weighted by molar-refractivity contribution is 0.464. The zero-order chi connectivity index (χ0) is 12.5. The Balaban J connectivity index is 1.98. The van der Waals surface area contributed by atoms with Gasteiger partial charge in [-0.15, -0.1) is 0 Å². The van der Waals surface area contributed by atoms with Gasteiger partial charge in [0.1, 0.15) is 0 Å². The maximum absolute atomic E-state index is 3.47. The van der Waals surface area contributed by atoms with Gasteiger partial charge in [0.15, 0.2) is 0 Å². The van der Waals surface area contributed by atoms with Gasteiger partial charge in [0.05, 0.1) is 0 Å². The molecule has 0 radical (unpaired) electrons. The van der Waals surface area contributed by atoms with Crippen LogP contribution in [-0.4, -0.2) is 20.1 Å². The quantitative estimate of drug-likeness (QED) is 0.879. The lowest BCUT2D eigenvalue weighted by Gasteiger charge is -2.37. The minimum absolute atomic E-state index is 0.831. The van der Waals surface area contributed by atoms with Crippen LogP contribution in [0.2, 0.25) is 0 Å². The third-order valence-electron chi connectivity index (χ3n) is 4.66. The molecule has 0 bridgehead atoms. The van der Waals surface area contributed by atoms with Crippen LogP contribution in [0, 0.1) is 5.92 Å². The molecule has 0 saturated heterocycles. The number of rotatable bonds is 3. The molecule has 0 aromatic heterocycles. The number of nitrogens with one attached hydrogen (secondary N) is 1. The fraction of sp³-hybridized carbons (Fsp3) is 0.625. The van der Waals surface area contributed by atoms with E-state index in [1.165, 1.54) is 37.1 Å². The molecule has 2 atom stereocenters. The molecule has 1 N–H and O–H groups in total. The molecule has 3 rings (SSSR count). The monoisotopic (exact) mass is 244 g/mol. The Hall–Kier alpha value is -1.02. The van der Waals surface area contributed by atoms with Crippen molar-refractivity contribution < 1.29 is 0 Å². The van der Waals surface area contributed by atoms with Crippen molar-refractivity contribution in [3.8, 4) is 0 Å². The molecular weight excluding hydrogens is 220 g/mol. The summed E-state index contributed by atoms with van der Waals surface area (Å²) in [4.78, 5) is 2.49. The van der Waals surface area contributed by atoms with Gasteiger partial charge in [-0.3, -0.25) is 0 Å². The summed E-state index contributed by atoms with van der Waals surface area (Å²) in [7, 11) is 2.27. The first-order valence-corrected chi connectivity index (χ1v) is 7.35. The van der Waals surface area contributed by atoms with Crippen molar-refractivity contribution in [2.45, 2.75) is 38.6 Å². The fourth-order valence-electron chi connectivity index (χ4n) is 3.89. The molecular formula is C16H24N2. The Labute approximate surface area is 110 Å². The molecule has 1 aliphatic heterocycles. The Morgan fingerprint density at radius 3 is 3.06 bits per heavy atom. The van der Waals surface area contributed by atoms with Crippen LogP contribution < -0.4 is 10.2 Å². The molecule has 1 saturated carbocycles. The number of para-hydroxylation sites is 1. The standard InChI is InChI=1S/C16H24N2/c1-3-17-10-12-6-4-9-15-14-8-5-7-13(14)11-18(2)16(12)15/h4,6,9,13-14,17H,3,5,7-8,10-11H2,1-2H3. The molecule has 98 valence electrons. The SMILES string of the molecule is CCNCc1cccc2c1N(C)CC1CCCC21. The molecule has 1 aromatic carbocycles. The van der Waals surface area contributed by atoms with Gasteiger partial charge in [-0.2, -0.15) is 0 Å². The number of benzene rings is 1. The average Bonchev–Trinajstić information content (AvgIpc) is 2.84. The summed E-state index contributed by atoms with van der Waals surface area (Å²) in [6.45, 7) is 5.47. The molecule has 1 aromatic rings. The smallest absolute Gasteiger partial charge is 0.0444 e. The van der Waals surface area contributed by atoms with E-state index in [4.69, 9.17) is 0 Å². The summed E-state index contributed by atoms with van der Waals surface area (Å²) < 4.78 is 0. The predicted molar refractivity (Wildman–Crippen MR) is 77.2 cm³/mol. The van der Waals surface area contributed by atoms with E-state index in [0.717, 1.165) is 24.9 Å². The maximum Gasteiger partial charge on any atom is 0.0444 e. The predicted octanol–water partition coefficient (Wildman–Crippen LogP) is 3.13. The first kappa shape index (κ1) is 12.0. The molecule has 0 amide bonds. The van der Waals surface area contributed by atoms with Crippen LogP contribution in [0.4, 0.5) is 5.69 Å². The van der Waals surface area contributed by atoms with Crippen molar-refractivity contribution in [3.05, 3.63) is 29.3 Å². The molecule has 1 fully saturated rings. The summed E-state index contributed by atoms with van der Waals surface area (Å²) in [5.41, 5.74) is 4.60. The Bertz CT molecular complexity index is 427. The second-order valence-corrected chi connectivity index (χ2v) is 5.81. The van der Waals surface area contributed by atoms with Crippen molar-refractivity contribution in [2.24, 2.45) is 5.92 Å². The van der Waals surface area contributed by atoms with Crippen LogP contribution in [0.25, 0.3) is 0 Å². The summed E-state index contributed by atoms with van der Waals surface area (Å²) >= 11 is 0. The minimum Gasteiger partial charge on any atom is -0.374 e. The fourth-order valence-corrected chi connectivity index (χ4v) is 3.89. The Morgan fingerprint density at radius 1 is 1.33 bits per heavy atom. The third kappa shape index (κ3) is 1.93. The van der Waals surface area contributed by atoms with E-state index in [1.807, 2.05) is 0 Å². The zero-order valence-electron chi connectivity index (χ0n) is 11.6. The average molecular weight is 244 g/mol. The maximum atomic E-state index is 3.47.